The van der Waals surface area contributed by atoms with Crippen LogP contribution in [0.3, 0.4) is 0 Å². The van der Waals surface area contributed by atoms with Crippen molar-refractivity contribution < 1.29 is 23.8 Å². The molecule has 0 radical (unpaired) electrons. The molecule has 3 rings (SSSR count). The van der Waals surface area contributed by atoms with Gasteiger partial charge in [0.25, 0.3) is 5.91 Å². The van der Waals surface area contributed by atoms with Crippen molar-refractivity contribution in [2.24, 2.45) is 0 Å². The van der Waals surface area contributed by atoms with Crippen LogP contribution in [0.2, 0.25) is 0 Å². The first-order valence-corrected chi connectivity index (χ1v) is 7.54. The molecule has 0 saturated carbocycles. The van der Waals surface area contributed by atoms with Crippen molar-refractivity contribution in [2.45, 2.75) is 24.9 Å². The maximum absolute atomic E-state index is 12.4. The number of furan rings is 1. The molecule has 0 spiro atoms. The Balaban J connectivity index is 1.71. The number of aliphatic carboxylic acids is 1. The van der Waals surface area contributed by atoms with Crippen LogP contribution in [0, 0.1) is 0 Å². The van der Waals surface area contributed by atoms with Gasteiger partial charge in [0.15, 0.2) is 0 Å². The molecule has 2 fully saturated rings. The molecule has 2 aliphatic heterocycles. The van der Waals surface area contributed by atoms with Gasteiger partial charge >= 0.3 is 5.97 Å². The number of hydrogen-bond donors (Lipinski definition) is 1. The number of carboxylic acid groups (broad SMARTS) is 1. The molecule has 0 bridgehead atoms. The third kappa shape index (κ3) is 3.00. The quantitative estimate of drug-likeness (QED) is 0.883. The number of rotatable bonds is 3. The van der Waals surface area contributed by atoms with E-state index in [9.17, 15) is 14.7 Å². The van der Waals surface area contributed by atoms with Gasteiger partial charge in [0.2, 0.25) is 0 Å². The molecule has 0 aromatic carbocycles. The number of piperidine rings is 1. The number of carboxylic acids is 1. The number of likely N-dealkylation sites (tertiary alicyclic amines) is 1. The smallest absolute Gasteiger partial charge is 0.326 e. The van der Waals surface area contributed by atoms with Gasteiger partial charge in [-0.2, -0.15) is 0 Å². The van der Waals surface area contributed by atoms with Gasteiger partial charge in [0, 0.05) is 25.7 Å². The second-order valence-electron chi connectivity index (χ2n) is 5.69. The molecule has 1 aromatic rings. The van der Waals surface area contributed by atoms with Gasteiger partial charge in [0.1, 0.15) is 12.3 Å². The van der Waals surface area contributed by atoms with E-state index in [0.717, 1.165) is 19.5 Å². The Morgan fingerprint density at radius 1 is 1.23 bits per heavy atom. The minimum Gasteiger partial charge on any atom is -0.480 e. The zero-order chi connectivity index (χ0) is 15.5. The lowest BCUT2D eigenvalue weighted by molar-refractivity contribution is -0.144. The number of morpholine rings is 1. The van der Waals surface area contributed by atoms with Crippen LogP contribution < -0.4 is 0 Å². The van der Waals surface area contributed by atoms with E-state index in [0.29, 0.717) is 31.7 Å². The molecule has 22 heavy (non-hydrogen) atoms. The maximum atomic E-state index is 12.4. The predicted molar refractivity (Wildman–Crippen MR) is 76.6 cm³/mol. The highest BCUT2D eigenvalue weighted by Gasteiger charge is 2.38. The van der Waals surface area contributed by atoms with E-state index in [-0.39, 0.29) is 11.9 Å². The van der Waals surface area contributed by atoms with Gasteiger partial charge < -0.3 is 19.2 Å². The van der Waals surface area contributed by atoms with Crippen molar-refractivity contribution in [1.29, 1.82) is 0 Å². The van der Waals surface area contributed by atoms with Gasteiger partial charge in [-0.1, -0.05) is 0 Å². The molecule has 2 aliphatic rings. The Kier molecular flexibility index (Phi) is 4.44. The van der Waals surface area contributed by atoms with Crippen molar-refractivity contribution >= 4 is 11.9 Å². The number of carbonyl (C=O) groups excluding carboxylic acids is 1. The van der Waals surface area contributed by atoms with Crippen LogP contribution >= 0.6 is 0 Å². The minimum atomic E-state index is -0.949. The molecule has 1 N–H and O–H groups in total. The van der Waals surface area contributed by atoms with Gasteiger partial charge in [-0.25, -0.2) is 4.79 Å². The van der Waals surface area contributed by atoms with E-state index in [1.54, 1.807) is 6.07 Å². The fraction of sp³-hybridized carbons (Fsp3) is 0.600. The Morgan fingerprint density at radius 2 is 2.00 bits per heavy atom. The van der Waals surface area contributed by atoms with Gasteiger partial charge in [-0.15, -0.1) is 0 Å². The summed E-state index contributed by atoms with van der Waals surface area (Å²) >= 11 is 0. The van der Waals surface area contributed by atoms with Gasteiger partial charge in [-0.3, -0.25) is 9.69 Å². The van der Waals surface area contributed by atoms with Crippen LogP contribution in [0.25, 0.3) is 0 Å². The molecular formula is C15H20N2O5. The average molecular weight is 308 g/mol. The fourth-order valence-electron chi connectivity index (χ4n) is 3.25. The van der Waals surface area contributed by atoms with E-state index in [4.69, 9.17) is 9.15 Å². The summed E-state index contributed by atoms with van der Waals surface area (Å²) < 4.78 is 10.3. The first-order chi connectivity index (χ1) is 10.7. The number of amides is 1. The molecule has 120 valence electrons. The van der Waals surface area contributed by atoms with Crippen molar-refractivity contribution in [2.75, 3.05) is 32.8 Å². The number of nitrogens with zero attached hydrogens (tertiary/aromatic N) is 2. The zero-order valence-electron chi connectivity index (χ0n) is 12.3. The summed E-state index contributed by atoms with van der Waals surface area (Å²) in [6.45, 7) is 3.47. The Labute approximate surface area is 128 Å². The van der Waals surface area contributed by atoms with Crippen molar-refractivity contribution in [3.8, 4) is 0 Å². The molecular weight excluding hydrogens is 288 g/mol. The lowest BCUT2D eigenvalue weighted by Crippen LogP contribution is -2.56. The highest BCUT2D eigenvalue weighted by Crippen LogP contribution is 2.25. The molecule has 1 amide bonds. The first kappa shape index (κ1) is 15.1. The van der Waals surface area contributed by atoms with Crippen molar-refractivity contribution in [3.05, 3.63) is 24.2 Å². The fourth-order valence-corrected chi connectivity index (χ4v) is 3.25. The maximum Gasteiger partial charge on any atom is 0.326 e. The van der Waals surface area contributed by atoms with Crippen LogP contribution in [-0.2, 0) is 9.53 Å². The summed E-state index contributed by atoms with van der Waals surface area (Å²) in [5.74, 6) is -1.23. The first-order valence-electron chi connectivity index (χ1n) is 7.54. The molecule has 7 nitrogen and oxygen atoms in total. The highest BCUT2D eigenvalue weighted by molar-refractivity contribution is 5.96. The molecule has 0 unspecified atom stereocenters. The average Bonchev–Trinajstić information content (AvgIpc) is 3.09. The van der Waals surface area contributed by atoms with E-state index in [1.807, 2.05) is 0 Å². The second kappa shape index (κ2) is 6.50. The van der Waals surface area contributed by atoms with E-state index in [1.165, 1.54) is 17.4 Å². The Hall–Kier alpha value is -1.86. The van der Waals surface area contributed by atoms with E-state index in [2.05, 4.69) is 4.90 Å². The molecule has 2 atom stereocenters. The molecule has 1 aromatic heterocycles. The topological polar surface area (TPSA) is 83.2 Å². The summed E-state index contributed by atoms with van der Waals surface area (Å²) in [6.07, 6.45) is 4.02. The number of carbonyl (C=O) groups is 2. The van der Waals surface area contributed by atoms with Crippen LogP contribution in [0.5, 0.6) is 0 Å². The molecule has 0 aliphatic carbocycles. The van der Waals surface area contributed by atoms with Crippen LogP contribution in [0.1, 0.15) is 23.2 Å². The van der Waals surface area contributed by atoms with Gasteiger partial charge in [-0.05, 0) is 18.9 Å². The van der Waals surface area contributed by atoms with Gasteiger partial charge in [0.05, 0.1) is 25.0 Å². The van der Waals surface area contributed by atoms with Crippen LogP contribution in [0.15, 0.2) is 23.0 Å². The minimum absolute atomic E-state index is 0.193. The Bertz CT molecular complexity index is 524. The number of ether oxygens (including phenoxy) is 1. The lowest BCUT2D eigenvalue weighted by atomic mass is 9.94. The molecule has 7 heteroatoms. The largest absolute Gasteiger partial charge is 0.480 e. The van der Waals surface area contributed by atoms with Crippen LogP contribution in [-0.4, -0.2) is 71.7 Å². The number of hydrogen-bond acceptors (Lipinski definition) is 5. The summed E-state index contributed by atoms with van der Waals surface area (Å²) in [5, 5.41) is 9.51. The molecule has 2 saturated heterocycles. The standard InChI is InChI=1S/C15H20N2O5/c18-14(11-2-6-22-10-11)17-3-1-12(9-13(17)15(19)20)16-4-7-21-8-5-16/h2,6,10,12-13H,1,3-5,7-9H2,(H,19,20)/t12-,13+/m0/s1. The molecule has 3 heterocycles. The summed E-state index contributed by atoms with van der Waals surface area (Å²) in [5.41, 5.74) is 0.399. The van der Waals surface area contributed by atoms with E-state index < -0.39 is 12.0 Å². The van der Waals surface area contributed by atoms with Crippen LogP contribution in [0.4, 0.5) is 0 Å². The third-order valence-electron chi connectivity index (χ3n) is 4.45. The Morgan fingerprint density at radius 3 is 2.64 bits per heavy atom. The highest BCUT2D eigenvalue weighted by atomic mass is 16.5. The lowest BCUT2D eigenvalue weighted by Gasteiger charge is -2.42. The van der Waals surface area contributed by atoms with Crippen molar-refractivity contribution in [1.82, 2.24) is 9.80 Å². The predicted octanol–water partition coefficient (Wildman–Crippen LogP) is 0.670. The van der Waals surface area contributed by atoms with E-state index >= 15 is 0 Å². The zero-order valence-corrected chi connectivity index (χ0v) is 12.3. The second-order valence-corrected chi connectivity index (χ2v) is 5.69. The SMILES string of the molecule is O=C(O)[C@H]1C[C@@H](N2CCOCC2)CCN1C(=O)c1ccoc1. The summed E-state index contributed by atoms with van der Waals surface area (Å²) in [6, 6.07) is 0.970. The third-order valence-corrected chi connectivity index (χ3v) is 4.45. The normalized spacial score (nSPS) is 26.8. The summed E-state index contributed by atoms with van der Waals surface area (Å²) in [7, 11) is 0. The van der Waals surface area contributed by atoms with Crippen molar-refractivity contribution in [3.63, 3.8) is 0 Å². The monoisotopic (exact) mass is 308 g/mol. The summed E-state index contributed by atoms with van der Waals surface area (Å²) in [4.78, 5) is 27.8.